The predicted molar refractivity (Wildman–Crippen MR) is 105 cm³/mol. The summed E-state index contributed by atoms with van der Waals surface area (Å²) in [4.78, 5) is 5.40. The molecule has 3 nitrogen and oxygen atoms in total. The van der Waals surface area contributed by atoms with E-state index in [1.807, 2.05) is 48.5 Å². The van der Waals surface area contributed by atoms with Crippen LogP contribution in [0.4, 0.5) is 0 Å². The summed E-state index contributed by atoms with van der Waals surface area (Å²) < 4.78 is 6.12. The average molecular weight is 342 g/mol. The molecule has 0 bridgehead atoms. The number of fused-ring (bicyclic) bond motifs is 4. The average Bonchev–Trinajstić information content (AvgIpc) is 2.67. The minimum absolute atomic E-state index is 0.220. The van der Waals surface area contributed by atoms with Gasteiger partial charge in [0.05, 0.1) is 5.57 Å². The highest BCUT2D eigenvalue weighted by Crippen LogP contribution is 2.36. The van der Waals surface area contributed by atoms with Crippen LogP contribution in [0.25, 0.3) is 16.8 Å². The van der Waals surface area contributed by atoms with Crippen molar-refractivity contribution in [1.82, 2.24) is 5.32 Å². The molecule has 3 aromatic carbocycles. The van der Waals surface area contributed by atoms with Crippen molar-refractivity contribution in [3.63, 3.8) is 0 Å². The van der Waals surface area contributed by atoms with E-state index in [1.54, 1.807) is 0 Å². The molecule has 1 unspecified atom stereocenters. The fourth-order valence-corrected chi connectivity index (χ4v) is 3.54. The standard InChI is InChI=1S/C21H14N2OS/c25-21-17-12-16-15-9-5-4-6-13(15)10-11-18(16)24-20(17)22-19(23-21)14-7-2-1-3-8-14/h1-12,19H,(H,23,25). The van der Waals surface area contributed by atoms with E-state index in [4.69, 9.17) is 21.9 Å². The highest BCUT2D eigenvalue weighted by molar-refractivity contribution is 7.80. The SMILES string of the molecule is S=C1NC(c2ccccc2)N=C2Oc3ccc4ccccc4c3C=C12. The number of hydrogen-bond acceptors (Lipinski definition) is 3. The number of thiocarbonyl (C=S) groups is 1. The molecular formula is C21H14N2OS. The molecule has 3 aromatic rings. The van der Waals surface area contributed by atoms with Crippen LogP contribution in [0.1, 0.15) is 17.3 Å². The maximum Gasteiger partial charge on any atom is 0.227 e. The third kappa shape index (κ3) is 2.34. The van der Waals surface area contributed by atoms with Gasteiger partial charge in [-0.15, -0.1) is 0 Å². The molecule has 1 N–H and O–H groups in total. The molecule has 1 atom stereocenters. The Morgan fingerprint density at radius 1 is 0.920 bits per heavy atom. The molecule has 2 aliphatic rings. The van der Waals surface area contributed by atoms with Crippen molar-refractivity contribution in [3.8, 4) is 5.75 Å². The molecule has 0 fully saturated rings. The zero-order valence-electron chi connectivity index (χ0n) is 13.3. The maximum atomic E-state index is 6.12. The first-order valence-corrected chi connectivity index (χ1v) is 8.56. The zero-order valence-corrected chi connectivity index (χ0v) is 14.1. The van der Waals surface area contributed by atoms with Gasteiger partial charge < -0.3 is 10.1 Å². The van der Waals surface area contributed by atoms with Crippen LogP contribution in [-0.4, -0.2) is 10.9 Å². The summed E-state index contributed by atoms with van der Waals surface area (Å²) in [7, 11) is 0. The van der Waals surface area contributed by atoms with Crippen molar-refractivity contribution in [2.24, 2.45) is 4.99 Å². The first-order chi connectivity index (χ1) is 12.3. The summed E-state index contributed by atoms with van der Waals surface area (Å²) in [5, 5.41) is 5.64. The topological polar surface area (TPSA) is 33.6 Å². The second kappa shape index (κ2) is 5.53. The lowest BCUT2D eigenvalue weighted by atomic mass is 9.98. The van der Waals surface area contributed by atoms with E-state index >= 15 is 0 Å². The lowest BCUT2D eigenvalue weighted by molar-refractivity contribution is 0.524. The number of benzene rings is 3. The van der Waals surface area contributed by atoms with Crippen molar-refractivity contribution in [3.05, 3.63) is 83.4 Å². The van der Waals surface area contributed by atoms with E-state index in [0.717, 1.165) is 27.8 Å². The Kier molecular flexibility index (Phi) is 3.18. The minimum Gasteiger partial charge on any atom is -0.438 e. The van der Waals surface area contributed by atoms with E-state index in [1.165, 1.54) is 5.39 Å². The summed E-state index contributed by atoms with van der Waals surface area (Å²) in [5.41, 5.74) is 2.95. The molecule has 0 radical (unpaired) electrons. The van der Waals surface area contributed by atoms with Gasteiger partial charge in [-0.2, -0.15) is 0 Å². The Morgan fingerprint density at radius 2 is 1.72 bits per heavy atom. The van der Waals surface area contributed by atoms with Gasteiger partial charge in [-0.3, -0.25) is 0 Å². The quantitative estimate of drug-likeness (QED) is 0.654. The van der Waals surface area contributed by atoms with Gasteiger partial charge in [0.2, 0.25) is 5.90 Å². The fraction of sp³-hybridized carbons (Fsp3) is 0.0476. The highest BCUT2D eigenvalue weighted by Gasteiger charge is 2.29. The van der Waals surface area contributed by atoms with Gasteiger partial charge in [0, 0.05) is 5.56 Å². The normalized spacial score (nSPS) is 18.4. The lowest BCUT2D eigenvalue weighted by Gasteiger charge is -2.29. The lowest BCUT2D eigenvalue weighted by Crippen LogP contribution is -2.38. The maximum absolute atomic E-state index is 6.12. The summed E-state index contributed by atoms with van der Waals surface area (Å²) in [5.74, 6) is 1.40. The van der Waals surface area contributed by atoms with Gasteiger partial charge in [-0.05, 0) is 28.5 Å². The molecule has 25 heavy (non-hydrogen) atoms. The number of rotatable bonds is 1. The number of nitrogens with zero attached hydrogens (tertiary/aromatic N) is 1. The fourth-order valence-electron chi connectivity index (χ4n) is 3.28. The first-order valence-electron chi connectivity index (χ1n) is 8.15. The van der Waals surface area contributed by atoms with Crippen LogP contribution in [0.3, 0.4) is 0 Å². The van der Waals surface area contributed by atoms with Crippen LogP contribution >= 0.6 is 12.2 Å². The molecule has 0 aromatic heterocycles. The molecule has 4 heteroatoms. The molecular weight excluding hydrogens is 328 g/mol. The van der Waals surface area contributed by atoms with Crippen molar-refractivity contribution in [1.29, 1.82) is 0 Å². The largest absolute Gasteiger partial charge is 0.438 e. The van der Waals surface area contributed by atoms with Crippen LogP contribution in [0.15, 0.2) is 77.3 Å². The van der Waals surface area contributed by atoms with Gasteiger partial charge in [-0.1, -0.05) is 72.9 Å². The first kappa shape index (κ1) is 14.4. The second-order valence-electron chi connectivity index (χ2n) is 6.08. The van der Waals surface area contributed by atoms with Crippen molar-refractivity contribution in [2.75, 3.05) is 0 Å². The Morgan fingerprint density at radius 3 is 2.60 bits per heavy atom. The number of hydrogen-bond donors (Lipinski definition) is 1. The van der Waals surface area contributed by atoms with Gasteiger partial charge in [-0.25, -0.2) is 4.99 Å². The summed E-state index contributed by atoms with van der Waals surface area (Å²) >= 11 is 5.59. The van der Waals surface area contributed by atoms with Crippen LogP contribution in [0.2, 0.25) is 0 Å². The van der Waals surface area contributed by atoms with Gasteiger partial charge >= 0.3 is 0 Å². The third-order valence-corrected chi connectivity index (χ3v) is 4.87. The minimum atomic E-state index is -0.220. The van der Waals surface area contributed by atoms with Crippen LogP contribution < -0.4 is 10.1 Å². The Hall–Kier alpha value is -2.98. The van der Waals surface area contributed by atoms with E-state index in [9.17, 15) is 0 Å². The van der Waals surface area contributed by atoms with Gasteiger partial charge in [0.15, 0.2) is 0 Å². The molecule has 0 aliphatic carbocycles. The van der Waals surface area contributed by atoms with Crippen LogP contribution in [0, 0.1) is 0 Å². The molecule has 0 saturated heterocycles. The Labute approximate surface area is 150 Å². The number of ether oxygens (including phenoxy) is 1. The molecule has 0 saturated carbocycles. The number of aliphatic imine (C=N–C) groups is 1. The summed E-state index contributed by atoms with van der Waals surface area (Å²) in [6, 6.07) is 22.4. The van der Waals surface area contributed by atoms with E-state index in [-0.39, 0.29) is 6.17 Å². The van der Waals surface area contributed by atoms with E-state index in [2.05, 4.69) is 29.6 Å². The molecule has 2 aliphatic heterocycles. The van der Waals surface area contributed by atoms with Crippen molar-refractivity contribution >= 4 is 40.0 Å². The van der Waals surface area contributed by atoms with E-state index in [0.29, 0.717) is 10.9 Å². The second-order valence-corrected chi connectivity index (χ2v) is 6.49. The van der Waals surface area contributed by atoms with Crippen LogP contribution in [0.5, 0.6) is 5.75 Å². The molecule has 5 rings (SSSR count). The van der Waals surface area contributed by atoms with Gasteiger partial charge in [0.1, 0.15) is 16.9 Å². The number of nitrogens with one attached hydrogen (secondary N) is 1. The van der Waals surface area contributed by atoms with Crippen molar-refractivity contribution in [2.45, 2.75) is 6.17 Å². The molecule has 120 valence electrons. The Bertz CT molecular complexity index is 1070. The summed E-state index contributed by atoms with van der Waals surface area (Å²) in [6.45, 7) is 0. The smallest absolute Gasteiger partial charge is 0.227 e. The predicted octanol–water partition coefficient (Wildman–Crippen LogP) is 4.64. The monoisotopic (exact) mass is 342 g/mol. The van der Waals surface area contributed by atoms with Crippen LogP contribution in [-0.2, 0) is 0 Å². The molecule has 2 heterocycles. The summed E-state index contributed by atoms with van der Waals surface area (Å²) in [6.07, 6.45) is 1.86. The van der Waals surface area contributed by atoms with Crippen molar-refractivity contribution < 1.29 is 4.74 Å². The Balaban J connectivity index is 1.64. The van der Waals surface area contributed by atoms with Gasteiger partial charge in [0.25, 0.3) is 0 Å². The molecule has 0 amide bonds. The molecule has 0 spiro atoms. The van der Waals surface area contributed by atoms with E-state index < -0.39 is 0 Å². The zero-order chi connectivity index (χ0) is 16.8. The highest BCUT2D eigenvalue weighted by atomic mass is 32.1. The third-order valence-electron chi connectivity index (χ3n) is 4.53.